The first-order valence-corrected chi connectivity index (χ1v) is 8.10. The summed E-state index contributed by atoms with van der Waals surface area (Å²) in [6.45, 7) is 0.766. The van der Waals surface area contributed by atoms with Crippen LogP contribution in [-0.2, 0) is 11.9 Å². The zero-order valence-electron chi connectivity index (χ0n) is 11.1. The summed E-state index contributed by atoms with van der Waals surface area (Å²) in [7, 11) is 2.00. The van der Waals surface area contributed by atoms with Crippen molar-refractivity contribution in [2.24, 2.45) is 0 Å². The highest BCUT2D eigenvalue weighted by atomic mass is 79.9. The third-order valence-electron chi connectivity index (χ3n) is 3.06. The summed E-state index contributed by atoms with van der Waals surface area (Å²) < 4.78 is 1.07. The highest BCUT2D eigenvalue weighted by Gasteiger charge is 2.09. The van der Waals surface area contributed by atoms with Gasteiger partial charge in [-0.15, -0.1) is 0 Å². The third-order valence-corrected chi connectivity index (χ3v) is 4.20. The molecule has 0 spiro atoms. The average molecular weight is 394 g/mol. The lowest BCUT2D eigenvalue weighted by Crippen LogP contribution is -2.17. The van der Waals surface area contributed by atoms with E-state index in [9.17, 15) is 5.26 Å². The lowest BCUT2D eigenvalue weighted by molar-refractivity contribution is 0.919. The Morgan fingerprint density at radius 2 is 1.95 bits per heavy atom. The lowest BCUT2D eigenvalue weighted by Gasteiger charge is -2.21. The monoisotopic (exact) mass is 392 g/mol. The molecule has 0 N–H and O–H groups in total. The molecule has 0 aliphatic carbocycles. The van der Waals surface area contributed by atoms with E-state index in [4.69, 9.17) is 0 Å². The summed E-state index contributed by atoms with van der Waals surface area (Å²) in [6.07, 6.45) is 0. The zero-order valence-corrected chi connectivity index (χ0v) is 14.3. The van der Waals surface area contributed by atoms with Crippen LogP contribution < -0.4 is 4.90 Å². The van der Waals surface area contributed by atoms with E-state index in [1.807, 2.05) is 37.4 Å². The van der Waals surface area contributed by atoms with Gasteiger partial charge in [0.2, 0.25) is 0 Å². The van der Waals surface area contributed by atoms with Gasteiger partial charge in [0.15, 0.2) is 0 Å². The van der Waals surface area contributed by atoms with Crippen molar-refractivity contribution in [3.05, 3.63) is 63.6 Å². The van der Waals surface area contributed by atoms with Gasteiger partial charge in [0.1, 0.15) is 6.07 Å². The van der Waals surface area contributed by atoms with Crippen LogP contribution >= 0.6 is 31.9 Å². The highest BCUT2D eigenvalue weighted by molar-refractivity contribution is 9.10. The van der Waals surface area contributed by atoms with E-state index in [0.29, 0.717) is 5.56 Å². The Labute approximate surface area is 136 Å². The first-order valence-electron chi connectivity index (χ1n) is 6.18. The predicted molar refractivity (Wildman–Crippen MR) is 90.0 cm³/mol. The highest BCUT2D eigenvalue weighted by Crippen LogP contribution is 2.23. The van der Waals surface area contributed by atoms with Crippen LogP contribution in [0.25, 0.3) is 0 Å². The molecule has 0 unspecified atom stereocenters. The van der Waals surface area contributed by atoms with E-state index in [-0.39, 0.29) is 0 Å². The molecule has 2 rings (SSSR count). The minimum atomic E-state index is 0.708. The van der Waals surface area contributed by atoms with Crippen molar-refractivity contribution in [2.75, 3.05) is 11.9 Å². The van der Waals surface area contributed by atoms with Crippen molar-refractivity contribution in [2.45, 2.75) is 11.9 Å². The first kappa shape index (κ1) is 15.1. The molecule has 0 bridgehead atoms. The van der Waals surface area contributed by atoms with Crippen LogP contribution in [0.15, 0.2) is 46.9 Å². The molecule has 0 amide bonds. The molecule has 0 radical (unpaired) electrons. The van der Waals surface area contributed by atoms with Gasteiger partial charge in [-0.25, -0.2) is 0 Å². The number of benzene rings is 2. The molecular formula is C16H14Br2N2. The van der Waals surface area contributed by atoms with Crippen molar-refractivity contribution < 1.29 is 0 Å². The van der Waals surface area contributed by atoms with Crippen molar-refractivity contribution in [1.82, 2.24) is 0 Å². The number of nitrogens with zero attached hydrogens (tertiary/aromatic N) is 2. The number of alkyl halides is 1. The maximum absolute atomic E-state index is 9.30. The number of anilines is 1. The Hall–Kier alpha value is -1.31. The van der Waals surface area contributed by atoms with Crippen LogP contribution in [0.5, 0.6) is 0 Å². The van der Waals surface area contributed by atoms with Gasteiger partial charge in [-0.2, -0.15) is 5.26 Å². The smallest absolute Gasteiger partial charge is 0.101 e. The van der Waals surface area contributed by atoms with Crippen molar-refractivity contribution in [1.29, 1.82) is 5.26 Å². The molecule has 0 atom stereocenters. The van der Waals surface area contributed by atoms with E-state index in [1.54, 1.807) is 0 Å². The molecule has 0 saturated carbocycles. The standard InChI is InChI=1S/C16H14Br2N2/c1-20(11-13-3-2-4-15(18)8-13)16-6-5-12(9-17)7-14(16)10-19/h2-8H,9,11H2,1H3. The van der Waals surface area contributed by atoms with E-state index in [1.165, 1.54) is 5.56 Å². The molecule has 20 heavy (non-hydrogen) atoms. The molecule has 2 aromatic rings. The van der Waals surface area contributed by atoms with E-state index >= 15 is 0 Å². The molecule has 2 aromatic carbocycles. The molecule has 4 heteroatoms. The third kappa shape index (κ3) is 3.62. The van der Waals surface area contributed by atoms with Crippen LogP contribution in [0.2, 0.25) is 0 Å². The molecule has 0 fully saturated rings. The Balaban J connectivity index is 2.25. The van der Waals surface area contributed by atoms with Gasteiger partial charge in [-0.3, -0.25) is 0 Å². The average Bonchev–Trinajstić information content (AvgIpc) is 2.46. The SMILES string of the molecule is CN(Cc1cccc(Br)c1)c1ccc(CBr)cc1C#N. The van der Waals surface area contributed by atoms with Crippen molar-refractivity contribution in [3.8, 4) is 6.07 Å². The molecule has 102 valence electrons. The fraction of sp³-hybridized carbons (Fsp3) is 0.188. The molecule has 0 aromatic heterocycles. The zero-order chi connectivity index (χ0) is 14.5. The topological polar surface area (TPSA) is 27.0 Å². The molecule has 0 aliphatic heterocycles. The normalized spacial score (nSPS) is 10.1. The number of rotatable bonds is 4. The van der Waals surface area contributed by atoms with Crippen LogP contribution in [-0.4, -0.2) is 7.05 Å². The number of nitriles is 1. The Morgan fingerprint density at radius 3 is 2.60 bits per heavy atom. The van der Waals surface area contributed by atoms with Gasteiger partial charge in [-0.05, 0) is 35.4 Å². The minimum Gasteiger partial charge on any atom is -0.369 e. The summed E-state index contributed by atoms with van der Waals surface area (Å²) >= 11 is 6.90. The number of halogens is 2. The summed E-state index contributed by atoms with van der Waals surface area (Å²) in [5, 5.41) is 10.1. The molecule has 0 heterocycles. The van der Waals surface area contributed by atoms with Crippen LogP contribution in [0.1, 0.15) is 16.7 Å². The van der Waals surface area contributed by atoms with Gasteiger partial charge in [0.25, 0.3) is 0 Å². The summed E-state index contributed by atoms with van der Waals surface area (Å²) in [5.74, 6) is 0. The fourth-order valence-corrected chi connectivity index (χ4v) is 2.88. The molecule has 2 nitrogen and oxygen atoms in total. The van der Waals surface area contributed by atoms with E-state index in [0.717, 1.165) is 27.6 Å². The van der Waals surface area contributed by atoms with Crippen LogP contribution in [0, 0.1) is 11.3 Å². The van der Waals surface area contributed by atoms with Gasteiger partial charge >= 0.3 is 0 Å². The van der Waals surface area contributed by atoms with Crippen LogP contribution in [0.3, 0.4) is 0 Å². The Kier molecular flexibility index (Phi) is 5.22. The molecule has 0 aliphatic rings. The van der Waals surface area contributed by atoms with Crippen LogP contribution in [0.4, 0.5) is 5.69 Å². The summed E-state index contributed by atoms with van der Waals surface area (Å²) in [5.41, 5.74) is 3.98. The van der Waals surface area contributed by atoms with Gasteiger partial charge in [0, 0.05) is 23.4 Å². The van der Waals surface area contributed by atoms with E-state index < -0.39 is 0 Å². The second-order valence-corrected chi connectivity index (χ2v) is 6.06. The number of hydrogen-bond acceptors (Lipinski definition) is 2. The maximum atomic E-state index is 9.30. The fourth-order valence-electron chi connectivity index (χ4n) is 2.08. The summed E-state index contributed by atoms with van der Waals surface area (Å²) in [6, 6.07) is 16.5. The van der Waals surface area contributed by atoms with E-state index in [2.05, 4.69) is 55.0 Å². The second-order valence-electron chi connectivity index (χ2n) is 4.58. The van der Waals surface area contributed by atoms with Gasteiger partial charge in [0.05, 0.1) is 11.3 Å². The Morgan fingerprint density at radius 1 is 1.15 bits per heavy atom. The van der Waals surface area contributed by atoms with Crippen molar-refractivity contribution in [3.63, 3.8) is 0 Å². The first-order chi connectivity index (χ1) is 9.63. The Bertz CT molecular complexity index is 647. The molecule has 0 saturated heterocycles. The lowest BCUT2D eigenvalue weighted by atomic mass is 10.1. The number of hydrogen-bond donors (Lipinski definition) is 0. The second kappa shape index (κ2) is 6.92. The van der Waals surface area contributed by atoms with Gasteiger partial charge in [-0.1, -0.05) is 50.1 Å². The molecular weight excluding hydrogens is 380 g/mol. The quantitative estimate of drug-likeness (QED) is 0.694. The largest absolute Gasteiger partial charge is 0.369 e. The van der Waals surface area contributed by atoms with Gasteiger partial charge < -0.3 is 4.90 Å². The van der Waals surface area contributed by atoms with Crippen molar-refractivity contribution >= 4 is 37.5 Å². The minimum absolute atomic E-state index is 0.708. The predicted octanol–water partition coefficient (Wildman–Crippen LogP) is 4.85. The summed E-state index contributed by atoms with van der Waals surface area (Å²) in [4.78, 5) is 2.10. The maximum Gasteiger partial charge on any atom is 0.101 e.